The maximum atomic E-state index is 12.7. The van der Waals surface area contributed by atoms with Crippen molar-refractivity contribution in [2.24, 2.45) is 5.73 Å². The van der Waals surface area contributed by atoms with E-state index in [-0.39, 0.29) is 11.8 Å². The molecule has 1 atom stereocenters. The molecule has 1 aliphatic rings. The van der Waals surface area contributed by atoms with Gasteiger partial charge >= 0.3 is 0 Å². The standard InChI is InChI=1S/C24H21ClN2O4/c1-30-21-10-9-15(12-22(21)31-20-8-3-2-7-19(20)25)17-13-23(28)27(14-17)18-6-4-5-16(11-18)24(26)29/h2-12,17H,13-14H2,1H3,(H2,26,29). The number of nitrogens with two attached hydrogens (primary N) is 1. The first kappa shape index (κ1) is 20.8. The van der Waals surface area contributed by atoms with E-state index < -0.39 is 5.91 Å². The summed E-state index contributed by atoms with van der Waals surface area (Å²) in [5.41, 5.74) is 7.35. The molecule has 7 heteroatoms. The Kier molecular flexibility index (Phi) is 5.82. The molecule has 0 radical (unpaired) electrons. The molecule has 0 bridgehead atoms. The average molecular weight is 437 g/mol. The van der Waals surface area contributed by atoms with Crippen molar-refractivity contribution in [3.05, 3.63) is 82.9 Å². The van der Waals surface area contributed by atoms with Crippen LogP contribution in [0.1, 0.15) is 28.3 Å². The van der Waals surface area contributed by atoms with Crippen molar-refractivity contribution in [2.75, 3.05) is 18.6 Å². The molecule has 1 heterocycles. The van der Waals surface area contributed by atoms with Gasteiger partial charge in [-0.3, -0.25) is 9.59 Å². The van der Waals surface area contributed by atoms with E-state index in [9.17, 15) is 9.59 Å². The first-order valence-corrected chi connectivity index (χ1v) is 10.1. The van der Waals surface area contributed by atoms with E-state index in [4.69, 9.17) is 26.8 Å². The predicted octanol–water partition coefficient (Wildman–Crippen LogP) is 4.76. The molecule has 0 saturated carbocycles. The van der Waals surface area contributed by atoms with Gasteiger partial charge in [-0.15, -0.1) is 0 Å². The summed E-state index contributed by atoms with van der Waals surface area (Å²) in [5, 5.41) is 0.492. The second kappa shape index (κ2) is 8.70. The molecule has 1 aliphatic heterocycles. The number of benzene rings is 3. The van der Waals surface area contributed by atoms with Gasteiger partial charge < -0.3 is 20.1 Å². The Labute approximate surface area is 185 Å². The SMILES string of the molecule is COc1ccc(C2CC(=O)N(c3cccc(C(N)=O)c3)C2)cc1Oc1ccccc1Cl. The Morgan fingerprint density at radius 3 is 2.58 bits per heavy atom. The first-order valence-electron chi connectivity index (χ1n) is 9.77. The summed E-state index contributed by atoms with van der Waals surface area (Å²) < 4.78 is 11.4. The smallest absolute Gasteiger partial charge is 0.248 e. The van der Waals surface area contributed by atoms with E-state index in [2.05, 4.69) is 0 Å². The monoisotopic (exact) mass is 436 g/mol. The number of methoxy groups -OCH3 is 1. The van der Waals surface area contributed by atoms with Crippen LogP contribution >= 0.6 is 11.6 Å². The number of carbonyl (C=O) groups excluding carboxylic acids is 2. The number of halogens is 1. The fourth-order valence-electron chi connectivity index (χ4n) is 3.68. The van der Waals surface area contributed by atoms with E-state index in [1.165, 1.54) is 0 Å². The summed E-state index contributed by atoms with van der Waals surface area (Å²) in [4.78, 5) is 25.9. The highest BCUT2D eigenvalue weighted by Crippen LogP contribution is 2.39. The van der Waals surface area contributed by atoms with Crippen LogP contribution in [0.5, 0.6) is 17.2 Å². The van der Waals surface area contributed by atoms with Crippen LogP contribution < -0.4 is 20.1 Å². The normalized spacial score (nSPS) is 15.7. The van der Waals surface area contributed by atoms with E-state index >= 15 is 0 Å². The minimum atomic E-state index is -0.526. The fourth-order valence-corrected chi connectivity index (χ4v) is 3.85. The first-order chi connectivity index (χ1) is 15.0. The van der Waals surface area contributed by atoms with Gasteiger partial charge in [0.1, 0.15) is 5.75 Å². The molecule has 2 amide bonds. The Hall–Kier alpha value is -3.51. The molecular formula is C24H21ClN2O4. The van der Waals surface area contributed by atoms with Gasteiger partial charge in [-0.05, 0) is 48.0 Å². The summed E-state index contributed by atoms with van der Waals surface area (Å²) in [5.74, 6) is 1.03. The maximum Gasteiger partial charge on any atom is 0.248 e. The largest absolute Gasteiger partial charge is 0.493 e. The van der Waals surface area contributed by atoms with Crippen molar-refractivity contribution in [1.29, 1.82) is 0 Å². The summed E-state index contributed by atoms with van der Waals surface area (Å²) in [7, 11) is 1.57. The van der Waals surface area contributed by atoms with Gasteiger partial charge in [-0.25, -0.2) is 0 Å². The van der Waals surface area contributed by atoms with Gasteiger partial charge in [-0.1, -0.05) is 35.9 Å². The highest BCUT2D eigenvalue weighted by Gasteiger charge is 2.32. The van der Waals surface area contributed by atoms with Crippen molar-refractivity contribution < 1.29 is 19.1 Å². The lowest BCUT2D eigenvalue weighted by molar-refractivity contribution is -0.117. The van der Waals surface area contributed by atoms with Gasteiger partial charge in [0, 0.05) is 30.1 Å². The molecule has 4 rings (SSSR count). The quantitative estimate of drug-likeness (QED) is 0.604. The topological polar surface area (TPSA) is 81.9 Å². The molecule has 3 aromatic rings. The molecule has 1 fully saturated rings. The predicted molar refractivity (Wildman–Crippen MR) is 119 cm³/mol. The Bertz CT molecular complexity index is 1150. The molecule has 31 heavy (non-hydrogen) atoms. The van der Waals surface area contributed by atoms with Crippen molar-refractivity contribution >= 4 is 29.1 Å². The number of nitrogens with zero attached hydrogens (tertiary/aromatic N) is 1. The molecule has 6 nitrogen and oxygen atoms in total. The number of para-hydroxylation sites is 1. The fraction of sp³-hybridized carbons (Fsp3) is 0.167. The van der Waals surface area contributed by atoms with Crippen LogP contribution in [-0.2, 0) is 4.79 Å². The zero-order chi connectivity index (χ0) is 22.0. The third kappa shape index (κ3) is 4.34. The molecule has 1 saturated heterocycles. The number of primary amides is 1. The molecule has 3 aromatic carbocycles. The van der Waals surface area contributed by atoms with Crippen LogP contribution in [0.3, 0.4) is 0 Å². The number of rotatable bonds is 6. The third-order valence-corrected chi connectivity index (χ3v) is 5.60. The number of hydrogen-bond donors (Lipinski definition) is 1. The highest BCUT2D eigenvalue weighted by molar-refractivity contribution is 6.32. The molecule has 2 N–H and O–H groups in total. The minimum Gasteiger partial charge on any atom is -0.493 e. The van der Waals surface area contributed by atoms with Gasteiger partial charge in [0.05, 0.1) is 12.1 Å². The zero-order valence-electron chi connectivity index (χ0n) is 16.9. The molecular weight excluding hydrogens is 416 g/mol. The average Bonchev–Trinajstić information content (AvgIpc) is 3.17. The molecule has 1 unspecified atom stereocenters. The molecule has 0 aromatic heterocycles. The van der Waals surface area contributed by atoms with Gasteiger partial charge in [-0.2, -0.15) is 0 Å². The van der Waals surface area contributed by atoms with E-state index in [0.29, 0.717) is 46.5 Å². The Morgan fingerprint density at radius 1 is 1.03 bits per heavy atom. The van der Waals surface area contributed by atoms with Crippen LogP contribution in [0.15, 0.2) is 66.7 Å². The van der Waals surface area contributed by atoms with Crippen molar-refractivity contribution in [2.45, 2.75) is 12.3 Å². The highest BCUT2D eigenvalue weighted by atomic mass is 35.5. The summed E-state index contributed by atoms with van der Waals surface area (Å²) in [6.07, 6.45) is 0.346. The van der Waals surface area contributed by atoms with Gasteiger partial charge in [0.15, 0.2) is 11.5 Å². The van der Waals surface area contributed by atoms with Crippen LogP contribution in [0.2, 0.25) is 5.02 Å². The van der Waals surface area contributed by atoms with Crippen LogP contribution in [0, 0.1) is 0 Å². The summed E-state index contributed by atoms with van der Waals surface area (Å²) >= 11 is 6.23. The number of anilines is 1. The number of ether oxygens (including phenoxy) is 2. The molecule has 0 aliphatic carbocycles. The second-order valence-electron chi connectivity index (χ2n) is 7.26. The van der Waals surface area contributed by atoms with Crippen LogP contribution in [0.25, 0.3) is 0 Å². The van der Waals surface area contributed by atoms with Crippen molar-refractivity contribution in [3.63, 3.8) is 0 Å². The lowest BCUT2D eigenvalue weighted by Gasteiger charge is -2.18. The van der Waals surface area contributed by atoms with Crippen molar-refractivity contribution in [3.8, 4) is 17.2 Å². The zero-order valence-corrected chi connectivity index (χ0v) is 17.6. The Balaban J connectivity index is 1.60. The van der Waals surface area contributed by atoms with E-state index in [1.54, 1.807) is 48.4 Å². The van der Waals surface area contributed by atoms with Gasteiger partial charge in [0.2, 0.25) is 11.8 Å². The van der Waals surface area contributed by atoms with Gasteiger partial charge in [0.25, 0.3) is 0 Å². The Morgan fingerprint density at radius 2 is 1.84 bits per heavy atom. The van der Waals surface area contributed by atoms with Crippen LogP contribution in [0.4, 0.5) is 5.69 Å². The maximum absolute atomic E-state index is 12.7. The molecule has 0 spiro atoms. The second-order valence-corrected chi connectivity index (χ2v) is 7.67. The lowest BCUT2D eigenvalue weighted by Crippen LogP contribution is -2.24. The van der Waals surface area contributed by atoms with Crippen LogP contribution in [-0.4, -0.2) is 25.5 Å². The number of carbonyl (C=O) groups is 2. The van der Waals surface area contributed by atoms with Crippen molar-refractivity contribution in [1.82, 2.24) is 0 Å². The summed E-state index contributed by atoms with van der Waals surface area (Å²) in [6, 6.07) is 19.6. The third-order valence-electron chi connectivity index (χ3n) is 5.28. The van der Waals surface area contributed by atoms with E-state index in [1.807, 2.05) is 30.3 Å². The summed E-state index contributed by atoms with van der Waals surface area (Å²) in [6.45, 7) is 0.485. The number of amides is 2. The van der Waals surface area contributed by atoms with E-state index in [0.717, 1.165) is 5.56 Å². The number of hydrogen-bond acceptors (Lipinski definition) is 4. The lowest BCUT2D eigenvalue weighted by atomic mass is 9.98. The minimum absolute atomic E-state index is 0.0176. The molecule has 158 valence electrons.